The Morgan fingerprint density at radius 3 is 2.71 bits per heavy atom. The van der Waals surface area contributed by atoms with Crippen molar-refractivity contribution in [2.45, 2.75) is 0 Å². The molecule has 0 atom stereocenters. The number of halogens is 1. The number of nitrogens with zero attached hydrogens (tertiary/aromatic N) is 3. The summed E-state index contributed by atoms with van der Waals surface area (Å²) in [6.45, 7) is 0.908. The van der Waals surface area contributed by atoms with Crippen molar-refractivity contribution in [3.8, 4) is 17.0 Å². The number of imidazole rings is 1. The summed E-state index contributed by atoms with van der Waals surface area (Å²) in [6.07, 6.45) is 1.86. The van der Waals surface area contributed by atoms with E-state index in [0.29, 0.717) is 23.9 Å². The third-order valence-electron chi connectivity index (χ3n) is 4.36. The Labute approximate surface area is 171 Å². The number of benzene rings is 2. The summed E-state index contributed by atoms with van der Waals surface area (Å²) in [7, 11) is 1.77. The van der Waals surface area contributed by atoms with Crippen molar-refractivity contribution >= 4 is 33.8 Å². The van der Waals surface area contributed by atoms with E-state index in [1.807, 2.05) is 70.6 Å². The van der Waals surface area contributed by atoms with Crippen molar-refractivity contribution < 1.29 is 9.53 Å². The van der Waals surface area contributed by atoms with Gasteiger partial charge < -0.3 is 9.64 Å². The number of hydrogen-bond acceptors (Lipinski definition) is 4. The molecule has 1 amide bonds. The molecule has 2 aromatic carbocycles. The lowest BCUT2D eigenvalue weighted by Gasteiger charge is -2.17. The van der Waals surface area contributed by atoms with Gasteiger partial charge in [-0.2, -0.15) is 0 Å². The van der Waals surface area contributed by atoms with Crippen molar-refractivity contribution in [2.75, 3.05) is 20.2 Å². The fourth-order valence-electron chi connectivity index (χ4n) is 2.85. The van der Waals surface area contributed by atoms with Crippen LogP contribution in [0, 0.1) is 0 Å². The number of fused-ring (bicyclic) bond motifs is 1. The molecule has 28 heavy (non-hydrogen) atoms. The van der Waals surface area contributed by atoms with E-state index >= 15 is 0 Å². The molecule has 0 spiro atoms. The second kappa shape index (κ2) is 8.04. The summed E-state index contributed by atoms with van der Waals surface area (Å²) < 4.78 is 7.50. The highest BCUT2D eigenvalue weighted by atomic mass is 35.5. The van der Waals surface area contributed by atoms with E-state index in [4.69, 9.17) is 16.3 Å². The van der Waals surface area contributed by atoms with Crippen LogP contribution in [-0.4, -0.2) is 40.4 Å². The highest BCUT2D eigenvalue weighted by Crippen LogP contribution is 2.29. The first-order valence-corrected chi connectivity index (χ1v) is 10.0. The van der Waals surface area contributed by atoms with E-state index in [1.165, 1.54) is 11.3 Å². The Morgan fingerprint density at radius 1 is 1.18 bits per heavy atom. The number of hydrogen-bond donors (Lipinski definition) is 0. The minimum absolute atomic E-state index is 0.0778. The second-order valence-corrected chi connectivity index (χ2v) is 7.51. The molecule has 0 aliphatic rings. The normalized spacial score (nSPS) is 10.9. The molecular formula is C21H18ClN3O2S. The van der Waals surface area contributed by atoms with Crippen LogP contribution >= 0.6 is 22.9 Å². The van der Waals surface area contributed by atoms with Crippen molar-refractivity contribution in [3.05, 3.63) is 76.9 Å². The van der Waals surface area contributed by atoms with Crippen molar-refractivity contribution in [2.24, 2.45) is 0 Å². The Balaban J connectivity index is 1.49. The van der Waals surface area contributed by atoms with Crippen LogP contribution in [0.2, 0.25) is 5.02 Å². The first-order chi connectivity index (χ1) is 13.6. The predicted molar refractivity (Wildman–Crippen MR) is 112 cm³/mol. The minimum atomic E-state index is -0.0778. The average Bonchev–Trinajstić information content (AvgIpc) is 3.29. The largest absolute Gasteiger partial charge is 0.492 e. The smallest absolute Gasteiger partial charge is 0.271 e. The fraction of sp³-hybridized carbons (Fsp3) is 0.143. The molecule has 0 unspecified atom stereocenters. The number of aromatic nitrogens is 2. The van der Waals surface area contributed by atoms with Crippen LogP contribution in [0.4, 0.5) is 0 Å². The van der Waals surface area contributed by atoms with Gasteiger partial charge >= 0.3 is 0 Å². The van der Waals surface area contributed by atoms with Gasteiger partial charge in [0.25, 0.3) is 5.91 Å². The molecule has 0 aliphatic heterocycles. The minimum Gasteiger partial charge on any atom is -0.492 e. The van der Waals surface area contributed by atoms with E-state index in [1.54, 1.807) is 11.9 Å². The van der Waals surface area contributed by atoms with Gasteiger partial charge in [0.05, 0.1) is 17.3 Å². The number of carbonyl (C=O) groups excluding carboxylic acids is 1. The van der Waals surface area contributed by atoms with Gasteiger partial charge in [0, 0.05) is 24.2 Å². The van der Waals surface area contributed by atoms with Gasteiger partial charge in [-0.25, -0.2) is 4.98 Å². The first-order valence-electron chi connectivity index (χ1n) is 8.78. The molecule has 7 heteroatoms. The van der Waals surface area contributed by atoms with Crippen molar-refractivity contribution in [3.63, 3.8) is 0 Å². The number of amides is 1. The molecule has 0 N–H and O–H groups in total. The van der Waals surface area contributed by atoms with Crippen LogP contribution in [0.15, 0.2) is 66.2 Å². The first kappa shape index (κ1) is 18.5. The van der Waals surface area contributed by atoms with Crippen LogP contribution < -0.4 is 4.74 Å². The number of rotatable bonds is 6. The zero-order chi connectivity index (χ0) is 19.5. The van der Waals surface area contributed by atoms with Gasteiger partial charge in [-0.3, -0.25) is 9.20 Å². The molecule has 2 aromatic heterocycles. The number of carbonyl (C=O) groups is 1. The highest BCUT2D eigenvalue weighted by molar-refractivity contribution is 7.15. The molecule has 5 nitrogen and oxygen atoms in total. The summed E-state index contributed by atoms with van der Waals surface area (Å²) in [6, 6.07) is 17.1. The van der Waals surface area contributed by atoms with E-state index in [0.717, 1.165) is 22.0 Å². The Morgan fingerprint density at radius 2 is 1.93 bits per heavy atom. The second-order valence-electron chi connectivity index (χ2n) is 6.27. The summed E-state index contributed by atoms with van der Waals surface area (Å²) in [5, 5.41) is 2.46. The lowest BCUT2D eigenvalue weighted by Crippen LogP contribution is -2.31. The van der Waals surface area contributed by atoms with Crippen molar-refractivity contribution in [1.29, 1.82) is 0 Å². The van der Waals surface area contributed by atoms with Crippen LogP contribution in [0.3, 0.4) is 0 Å². The molecule has 0 saturated carbocycles. The maximum absolute atomic E-state index is 12.9. The molecule has 0 aliphatic carbocycles. The van der Waals surface area contributed by atoms with Gasteiger partial charge in [0.2, 0.25) is 0 Å². The SMILES string of the molecule is CN(CCOc1ccccc1)C(=O)c1csc2nc(-c3ccccc3Cl)cn12. The standard InChI is InChI=1S/C21H18ClN3O2S/c1-24(11-12-27-15-7-3-2-4-8-15)20(26)19-14-28-21-23-18(13-25(19)21)16-9-5-6-10-17(16)22/h2-10,13-14H,11-12H2,1H3. The molecule has 2 heterocycles. The molecule has 4 aromatic rings. The van der Waals surface area contributed by atoms with E-state index in [9.17, 15) is 4.79 Å². The summed E-state index contributed by atoms with van der Waals surface area (Å²) in [5.41, 5.74) is 2.18. The van der Waals surface area contributed by atoms with Crippen LogP contribution in [0.25, 0.3) is 16.2 Å². The Kier molecular flexibility index (Phi) is 5.32. The van der Waals surface area contributed by atoms with Crippen LogP contribution in [-0.2, 0) is 0 Å². The van der Waals surface area contributed by atoms with E-state index in [2.05, 4.69) is 4.98 Å². The molecular weight excluding hydrogens is 394 g/mol. The fourth-order valence-corrected chi connectivity index (χ4v) is 3.93. The predicted octanol–water partition coefficient (Wildman–Crippen LogP) is 4.87. The maximum Gasteiger partial charge on any atom is 0.271 e. The third-order valence-corrected chi connectivity index (χ3v) is 5.53. The molecule has 142 valence electrons. The molecule has 0 saturated heterocycles. The van der Waals surface area contributed by atoms with Gasteiger partial charge in [0.15, 0.2) is 4.96 Å². The monoisotopic (exact) mass is 411 g/mol. The Bertz CT molecular complexity index is 1110. The van der Waals surface area contributed by atoms with E-state index < -0.39 is 0 Å². The van der Waals surface area contributed by atoms with Crippen LogP contribution in [0.5, 0.6) is 5.75 Å². The van der Waals surface area contributed by atoms with Crippen molar-refractivity contribution in [1.82, 2.24) is 14.3 Å². The highest BCUT2D eigenvalue weighted by Gasteiger charge is 2.19. The zero-order valence-electron chi connectivity index (χ0n) is 15.2. The molecule has 4 rings (SSSR count). The van der Waals surface area contributed by atoms with Gasteiger partial charge in [0.1, 0.15) is 18.1 Å². The number of likely N-dealkylation sites (N-methyl/N-ethyl adjacent to an activating group) is 1. The zero-order valence-corrected chi connectivity index (χ0v) is 16.8. The third kappa shape index (κ3) is 3.74. The molecule has 0 bridgehead atoms. The number of thiazole rings is 1. The number of ether oxygens (including phenoxy) is 1. The summed E-state index contributed by atoms with van der Waals surface area (Å²) in [4.78, 5) is 19.9. The Hall–Kier alpha value is -2.83. The lowest BCUT2D eigenvalue weighted by atomic mass is 10.2. The molecule has 0 radical (unpaired) electrons. The lowest BCUT2D eigenvalue weighted by molar-refractivity contribution is 0.0767. The number of para-hydroxylation sites is 1. The topological polar surface area (TPSA) is 46.8 Å². The molecule has 0 fully saturated rings. The van der Waals surface area contributed by atoms with E-state index in [-0.39, 0.29) is 5.91 Å². The summed E-state index contributed by atoms with van der Waals surface area (Å²) in [5.74, 6) is 0.714. The van der Waals surface area contributed by atoms with Crippen LogP contribution in [0.1, 0.15) is 10.5 Å². The maximum atomic E-state index is 12.9. The van der Waals surface area contributed by atoms with Gasteiger partial charge in [-0.05, 0) is 18.2 Å². The average molecular weight is 412 g/mol. The summed E-state index contributed by atoms with van der Waals surface area (Å²) >= 11 is 7.71. The van der Waals surface area contributed by atoms with Gasteiger partial charge in [-0.1, -0.05) is 48.0 Å². The van der Waals surface area contributed by atoms with Gasteiger partial charge in [-0.15, -0.1) is 11.3 Å². The quantitative estimate of drug-likeness (QED) is 0.455.